The van der Waals surface area contributed by atoms with Crippen LogP contribution in [0.2, 0.25) is 0 Å². The van der Waals surface area contributed by atoms with E-state index >= 15 is 0 Å². The average Bonchev–Trinajstić information content (AvgIpc) is 3.39. The molecule has 1 aliphatic heterocycles. The normalized spacial score (nSPS) is 31.4. The first-order chi connectivity index (χ1) is 17.0. The molecule has 0 radical (unpaired) electrons. The Morgan fingerprint density at radius 3 is 2.61 bits per heavy atom. The molecule has 1 amide bonds. The second-order valence-corrected chi connectivity index (χ2v) is 14.4. The van der Waals surface area contributed by atoms with E-state index in [1.54, 1.807) is 4.31 Å². The van der Waals surface area contributed by atoms with E-state index in [2.05, 4.69) is 43.4 Å². The molecule has 7 nitrogen and oxygen atoms in total. The third kappa shape index (κ3) is 4.12. The Bertz CT molecular complexity index is 1100. The standard InChI is InChI=1S/C28H43N3O4S/c1-26(2)21-10-12-28(26,24(18-21)30-25(33)23(29)8-5-17-32)19-36(34,35)31-15-13-27(14-16-31)11-9-20-6-3-4-7-22(20)27/h3-4,6-7,21,23-24,32H,5,8-19,29H2,1-2H3,(H,30,33)/t21-,23?,24+,28-/m1/s1. The van der Waals surface area contributed by atoms with Crippen LogP contribution in [0.15, 0.2) is 24.3 Å². The number of nitrogens with two attached hydrogens (primary N) is 1. The third-order valence-corrected chi connectivity index (χ3v) is 12.8. The molecule has 1 aromatic carbocycles. The number of hydrogen-bond donors (Lipinski definition) is 3. The molecule has 4 atom stereocenters. The first kappa shape index (κ1) is 26.1. The molecule has 3 fully saturated rings. The van der Waals surface area contributed by atoms with Crippen molar-refractivity contribution >= 4 is 15.9 Å². The Balaban J connectivity index is 1.31. The molecule has 0 aromatic heterocycles. The molecule has 36 heavy (non-hydrogen) atoms. The SMILES string of the molecule is CC1(C)[C@@H]2CC[C@@]1(CS(=O)(=O)N1CCC3(CCc4ccccc43)CC1)[C@@H](NC(=O)C(N)CCCO)C2. The highest BCUT2D eigenvalue weighted by Crippen LogP contribution is 2.66. The van der Waals surface area contributed by atoms with Gasteiger partial charge in [-0.1, -0.05) is 38.1 Å². The number of piperidine rings is 1. The van der Waals surface area contributed by atoms with E-state index in [0.717, 1.165) is 44.9 Å². The van der Waals surface area contributed by atoms with Gasteiger partial charge in [0.25, 0.3) is 0 Å². The number of hydrogen-bond acceptors (Lipinski definition) is 5. The monoisotopic (exact) mass is 517 g/mol. The lowest BCUT2D eigenvalue weighted by atomic mass is 9.69. The van der Waals surface area contributed by atoms with Gasteiger partial charge in [-0.25, -0.2) is 12.7 Å². The van der Waals surface area contributed by atoms with Crippen LogP contribution in [0.4, 0.5) is 0 Å². The number of sulfonamides is 1. The lowest BCUT2D eigenvalue weighted by Gasteiger charge is -2.45. The zero-order chi connectivity index (χ0) is 25.8. The van der Waals surface area contributed by atoms with Crippen molar-refractivity contribution in [2.75, 3.05) is 25.4 Å². The van der Waals surface area contributed by atoms with Crippen LogP contribution in [0.3, 0.4) is 0 Å². The van der Waals surface area contributed by atoms with E-state index in [0.29, 0.717) is 31.8 Å². The Hall–Kier alpha value is -1.48. The van der Waals surface area contributed by atoms with Gasteiger partial charge in [0, 0.05) is 31.2 Å². The van der Waals surface area contributed by atoms with Gasteiger partial charge in [0.1, 0.15) is 0 Å². The molecule has 1 unspecified atom stereocenters. The second kappa shape index (κ2) is 9.37. The van der Waals surface area contributed by atoms with Crippen molar-refractivity contribution in [3.63, 3.8) is 0 Å². The summed E-state index contributed by atoms with van der Waals surface area (Å²) in [5.41, 5.74) is 8.39. The maximum atomic E-state index is 13.9. The fourth-order valence-corrected chi connectivity index (χ4v) is 10.5. The summed E-state index contributed by atoms with van der Waals surface area (Å²) in [6, 6.07) is 7.80. The topological polar surface area (TPSA) is 113 Å². The van der Waals surface area contributed by atoms with E-state index in [9.17, 15) is 13.2 Å². The number of benzene rings is 1. The van der Waals surface area contributed by atoms with Crippen molar-refractivity contribution in [2.24, 2.45) is 22.5 Å². The number of rotatable bonds is 8. The smallest absolute Gasteiger partial charge is 0.237 e. The number of amides is 1. The summed E-state index contributed by atoms with van der Waals surface area (Å²) in [4.78, 5) is 12.9. The van der Waals surface area contributed by atoms with Crippen LogP contribution in [0, 0.1) is 16.7 Å². The van der Waals surface area contributed by atoms with Gasteiger partial charge in [-0.2, -0.15) is 0 Å². The van der Waals surface area contributed by atoms with Crippen LogP contribution in [0.25, 0.3) is 0 Å². The average molecular weight is 518 g/mol. The Labute approximate surface area is 216 Å². The quantitative estimate of drug-likeness (QED) is 0.491. The fourth-order valence-electron chi connectivity index (χ4n) is 8.24. The second-order valence-electron chi connectivity index (χ2n) is 12.5. The number of aryl methyl sites for hydroxylation is 1. The van der Waals surface area contributed by atoms with Gasteiger partial charge in [0.05, 0.1) is 11.8 Å². The van der Waals surface area contributed by atoms with E-state index in [4.69, 9.17) is 10.8 Å². The summed E-state index contributed by atoms with van der Waals surface area (Å²) >= 11 is 0. The third-order valence-electron chi connectivity index (χ3n) is 10.7. The summed E-state index contributed by atoms with van der Waals surface area (Å²) in [6.45, 7) is 5.53. The molecule has 1 heterocycles. The molecule has 4 N–H and O–H groups in total. The lowest BCUT2D eigenvalue weighted by Crippen LogP contribution is -2.57. The zero-order valence-electron chi connectivity index (χ0n) is 21.8. The molecule has 200 valence electrons. The Morgan fingerprint density at radius 2 is 1.92 bits per heavy atom. The minimum absolute atomic E-state index is 0.00437. The molecule has 4 aliphatic rings. The number of fused-ring (bicyclic) bond motifs is 4. The maximum Gasteiger partial charge on any atom is 0.237 e. The molecule has 1 spiro atoms. The predicted molar refractivity (Wildman–Crippen MR) is 141 cm³/mol. The van der Waals surface area contributed by atoms with Gasteiger partial charge in [-0.15, -0.1) is 0 Å². The van der Waals surface area contributed by atoms with Crippen molar-refractivity contribution in [3.05, 3.63) is 35.4 Å². The Kier molecular flexibility index (Phi) is 6.80. The number of carbonyl (C=O) groups is 1. The number of aliphatic hydroxyl groups is 1. The maximum absolute atomic E-state index is 13.9. The molecular formula is C28H43N3O4S. The summed E-state index contributed by atoms with van der Waals surface area (Å²) in [6.07, 6.45) is 7.48. The Morgan fingerprint density at radius 1 is 1.19 bits per heavy atom. The van der Waals surface area contributed by atoms with Gasteiger partial charge in [-0.3, -0.25) is 4.79 Å². The summed E-state index contributed by atoms with van der Waals surface area (Å²) in [7, 11) is -3.49. The van der Waals surface area contributed by atoms with E-state index in [1.807, 2.05) is 0 Å². The highest BCUT2D eigenvalue weighted by atomic mass is 32.2. The van der Waals surface area contributed by atoms with Gasteiger partial charge in [0.2, 0.25) is 15.9 Å². The number of aliphatic hydroxyl groups excluding tert-OH is 1. The minimum atomic E-state index is -3.49. The minimum Gasteiger partial charge on any atom is -0.396 e. The molecular weight excluding hydrogens is 474 g/mol. The highest BCUT2D eigenvalue weighted by molar-refractivity contribution is 7.89. The van der Waals surface area contributed by atoms with Crippen LogP contribution in [0.1, 0.15) is 76.3 Å². The van der Waals surface area contributed by atoms with Crippen LogP contribution < -0.4 is 11.1 Å². The summed E-state index contributed by atoms with van der Waals surface area (Å²) < 4.78 is 29.6. The number of nitrogens with one attached hydrogen (secondary N) is 1. The van der Waals surface area contributed by atoms with Crippen LogP contribution in [-0.2, 0) is 26.7 Å². The van der Waals surface area contributed by atoms with Crippen LogP contribution >= 0.6 is 0 Å². The summed E-state index contributed by atoms with van der Waals surface area (Å²) in [5.74, 6) is 0.254. The number of nitrogens with zero attached hydrogens (tertiary/aromatic N) is 1. The van der Waals surface area contributed by atoms with Crippen molar-refractivity contribution in [1.82, 2.24) is 9.62 Å². The molecule has 5 rings (SSSR count). The first-order valence-electron chi connectivity index (χ1n) is 13.8. The molecule has 1 saturated heterocycles. The van der Waals surface area contributed by atoms with E-state index in [1.165, 1.54) is 11.1 Å². The predicted octanol–water partition coefficient (Wildman–Crippen LogP) is 2.71. The molecule has 3 aliphatic carbocycles. The first-order valence-corrected chi connectivity index (χ1v) is 15.4. The molecule has 1 aromatic rings. The van der Waals surface area contributed by atoms with E-state index < -0.39 is 21.5 Å². The van der Waals surface area contributed by atoms with Crippen molar-refractivity contribution < 1.29 is 18.3 Å². The van der Waals surface area contributed by atoms with Gasteiger partial charge in [-0.05, 0) is 85.7 Å². The fraction of sp³-hybridized carbons (Fsp3) is 0.750. The highest BCUT2D eigenvalue weighted by Gasteiger charge is 2.66. The van der Waals surface area contributed by atoms with Crippen molar-refractivity contribution in [1.29, 1.82) is 0 Å². The summed E-state index contributed by atoms with van der Waals surface area (Å²) in [5, 5.41) is 12.2. The van der Waals surface area contributed by atoms with Gasteiger partial charge < -0.3 is 16.2 Å². The van der Waals surface area contributed by atoms with Gasteiger partial charge in [0.15, 0.2) is 0 Å². The molecule has 8 heteroatoms. The molecule has 2 bridgehead atoms. The van der Waals surface area contributed by atoms with Gasteiger partial charge >= 0.3 is 0 Å². The zero-order valence-corrected chi connectivity index (χ0v) is 22.7. The lowest BCUT2D eigenvalue weighted by molar-refractivity contribution is -0.124. The van der Waals surface area contributed by atoms with Crippen LogP contribution in [0.5, 0.6) is 0 Å². The van der Waals surface area contributed by atoms with Crippen molar-refractivity contribution in [2.45, 2.75) is 89.1 Å². The van der Waals surface area contributed by atoms with E-state index in [-0.39, 0.29) is 35.1 Å². The van der Waals surface area contributed by atoms with Crippen molar-refractivity contribution in [3.8, 4) is 0 Å². The van der Waals surface area contributed by atoms with Crippen LogP contribution in [-0.4, -0.2) is 61.3 Å². The molecule has 2 saturated carbocycles. The number of carbonyl (C=O) groups excluding carboxylic acids is 1. The largest absolute Gasteiger partial charge is 0.396 e.